The number of carbonyl (C=O) groups is 1. The zero-order valence-electron chi connectivity index (χ0n) is 13.7. The monoisotopic (exact) mass is 349 g/mol. The predicted octanol–water partition coefficient (Wildman–Crippen LogP) is 3.80. The molecule has 0 unspecified atom stereocenters. The van der Waals surface area contributed by atoms with Crippen molar-refractivity contribution in [3.05, 3.63) is 83.4 Å². The minimum atomic E-state index is 0.0128. The molecule has 2 heterocycles. The molecule has 1 amide bonds. The Morgan fingerprint density at radius 2 is 1.64 bits per heavy atom. The lowest BCUT2D eigenvalue weighted by molar-refractivity contribution is -0.125. The molecule has 1 N–H and O–H groups in total. The Bertz CT molecular complexity index is 775. The quantitative estimate of drug-likeness (QED) is 0.762. The molecular weight excluding hydrogens is 330 g/mol. The third-order valence-corrected chi connectivity index (χ3v) is 5.23. The molecule has 1 saturated heterocycles. The molecule has 2 aromatic carbocycles. The summed E-state index contributed by atoms with van der Waals surface area (Å²) < 4.78 is 0. The average Bonchev–Trinajstić information content (AvgIpc) is 3.12. The maximum Gasteiger partial charge on any atom is 0.231 e. The molecule has 1 fully saturated rings. The fraction of sp³-hybridized carbons (Fsp3) is 0.200. The van der Waals surface area contributed by atoms with Gasteiger partial charge in [-0.3, -0.25) is 9.69 Å². The van der Waals surface area contributed by atoms with Crippen molar-refractivity contribution >= 4 is 22.4 Å². The topological polar surface area (TPSA) is 45.2 Å². The fourth-order valence-corrected chi connectivity index (χ4v) is 3.80. The number of amides is 1. The van der Waals surface area contributed by atoms with Crippen LogP contribution >= 0.6 is 11.3 Å². The molecule has 126 valence electrons. The van der Waals surface area contributed by atoms with Crippen LogP contribution in [0, 0.1) is 5.92 Å². The third kappa shape index (κ3) is 3.48. The summed E-state index contributed by atoms with van der Waals surface area (Å²) in [5.41, 5.74) is 2.51. The van der Waals surface area contributed by atoms with Gasteiger partial charge in [-0.05, 0) is 11.1 Å². The van der Waals surface area contributed by atoms with Crippen LogP contribution in [-0.4, -0.2) is 28.9 Å². The van der Waals surface area contributed by atoms with Crippen LogP contribution in [0.2, 0.25) is 0 Å². The maximum absolute atomic E-state index is 12.4. The lowest BCUT2D eigenvalue weighted by Gasteiger charge is -2.43. The van der Waals surface area contributed by atoms with Gasteiger partial charge in [0.1, 0.15) is 0 Å². The second-order valence-electron chi connectivity index (χ2n) is 6.20. The number of hydrogen-bond donors (Lipinski definition) is 1. The Balaban J connectivity index is 1.48. The lowest BCUT2D eigenvalue weighted by atomic mass is 9.90. The van der Waals surface area contributed by atoms with Gasteiger partial charge in [0.05, 0.1) is 12.0 Å². The highest BCUT2D eigenvalue weighted by Crippen LogP contribution is 2.34. The van der Waals surface area contributed by atoms with E-state index < -0.39 is 0 Å². The minimum absolute atomic E-state index is 0.0128. The second kappa shape index (κ2) is 7.17. The van der Waals surface area contributed by atoms with E-state index in [2.05, 4.69) is 63.7 Å². The number of thiazole rings is 1. The van der Waals surface area contributed by atoms with Crippen molar-refractivity contribution in [1.82, 2.24) is 9.88 Å². The number of aromatic nitrogens is 1. The molecule has 4 nitrogen and oxygen atoms in total. The Morgan fingerprint density at radius 3 is 2.16 bits per heavy atom. The Kier molecular flexibility index (Phi) is 4.59. The van der Waals surface area contributed by atoms with E-state index in [4.69, 9.17) is 0 Å². The molecule has 25 heavy (non-hydrogen) atoms. The van der Waals surface area contributed by atoms with Gasteiger partial charge in [-0.15, -0.1) is 11.3 Å². The maximum atomic E-state index is 12.4. The summed E-state index contributed by atoms with van der Waals surface area (Å²) in [4.78, 5) is 18.8. The van der Waals surface area contributed by atoms with Gasteiger partial charge in [-0.2, -0.15) is 0 Å². The molecular formula is C20H19N3OS. The van der Waals surface area contributed by atoms with E-state index in [9.17, 15) is 4.79 Å². The zero-order valence-corrected chi connectivity index (χ0v) is 14.5. The van der Waals surface area contributed by atoms with E-state index >= 15 is 0 Å². The number of carbonyl (C=O) groups excluding carboxylic acids is 1. The van der Waals surface area contributed by atoms with Crippen LogP contribution in [0.1, 0.15) is 17.2 Å². The van der Waals surface area contributed by atoms with Crippen molar-refractivity contribution in [1.29, 1.82) is 0 Å². The van der Waals surface area contributed by atoms with Crippen LogP contribution in [0.15, 0.2) is 72.2 Å². The molecule has 4 rings (SSSR count). The minimum Gasteiger partial charge on any atom is -0.302 e. The summed E-state index contributed by atoms with van der Waals surface area (Å²) in [6.07, 6.45) is 1.70. The smallest absolute Gasteiger partial charge is 0.231 e. The van der Waals surface area contributed by atoms with Gasteiger partial charge in [-0.25, -0.2) is 4.98 Å². The molecule has 1 aromatic heterocycles. The number of hydrogen-bond acceptors (Lipinski definition) is 4. The summed E-state index contributed by atoms with van der Waals surface area (Å²) >= 11 is 1.45. The first-order valence-corrected chi connectivity index (χ1v) is 9.23. The van der Waals surface area contributed by atoms with Crippen LogP contribution in [0.4, 0.5) is 5.13 Å². The van der Waals surface area contributed by atoms with Crippen LogP contribution in [0.5, 0.6) is 0 Å². The van der Waals surface area contributed by atoms with Crippen molar-refractivity contribution in [3.8, 4) is 0 Å². The molecule has 0 atom stereocenters. The van der Waals surface area contributed by atoms with Gasteiger partial charge < -0.3 is 5.32 Å². The van der Waals surface area contributed by atoms with Crippen molar-refractivity contribution < 1.29 is 4.79 Å². The molecule has 1 aliphatic heterocycles. The summed E-state index contributed by atoms with van der Waals surface area (Å²) in [5, 5.41) is 5.44. The van der Waals surface area contributed by atoms with Crippen LogP contribution in [0.3, 0.4) is 0 Å². The number of anilines is 1. The molecule has 1 aliphatic rings. The summed E-state index contributed by atoms with van der Waals surface area (Å²) in [6.45, 7) is 1.51. The first-order chi connectivity index (χ1) is 12.3. The van der Waals surface area contributed by atoms with Crippen molar-refractivity contribution in [2.45, 2.75) is 6.04 Å². The average molecular weight is 349 g/mol. The standard InChI is InChI=1S/C20H19N3OS/c24-19(22-20-21-11-12-25-20)17-13-23(14-17)18(15-7-3-1-4-8-15)16-9-5-2-6-10-16/h1-12,17-18H,13-14H2,(H,21,22,24). The highest BCUT2D eigenvalue weighted by Gasteiger charge is 2.38. The number of nitrogens with one attached hydrogen (secondary N) is 1. The van der Waals surface area contributed by atoms with Crippen molar-refractivity contribution in [2.24, 2.45) is 5.92 Å². The third-order valence-electron chi connectivity index (χ3n) is 4.54. The van der Waals surface area contributed by atoms with Crippen LogP contribution in [0.25, 0.3) is 0 Å². The molecule has 5 heteroatoms. The van der Waals surface area contributed by atoms with E-state index in [1.165, 1.54) is 22.5 Å². The van der Waals surface area contributed by atoms with Crippen LogP contribution < -0.4 is 5.32 Å². The molecule has 0 aliphatic carbocycles. The van der Waals surface area contributed by atoms with E-state index in [1.54, 1.807) is 6.20 Å². The number of nitrogens with zero attached hydrogens (tertiary/aromatic N) is 2. The van der Waals surface area contributed by atoms with Gasteiger partial charge in [0, 0.05) is 24.7 Å². The summed E-state index contributed by atoms with van der Waals surface area (Å²) in [6, 6.07) is 21.1. The zero-order chi connectivity index (χ0) is 17.1. The number of likely N-dealkylation sites (tertiary alicyclic amines) is 1. The van der Waals surface area contributed by atoms with Crippen molar-refractivity contribution in [2.75, 3.05) is 18.4 Å². The predicted molar refractivity (Wildman–Crippen MR) is 101 cm³/mol. The molecule has 0 bridgehead atoms. The molecule has 3 aromatic rings. The van der Waals surface area contributed by atoms with E-state index in [0.29, 0.717) is 5.13 Å². The lowest BCUT2D eigenvalue weighted by Crippen LogP contribution is -2.53. The van der Waals surface area contributed by atoms with E-state index in [-0.39, 0.29) is 17.9 Å². The van der Waals surface area contributed by atoms with Gasteiger partial charge >= 0.3 is 0 Å². The SMILES string of the molecule is O=C(Nc1nccs1)C1CN(C(c2ccccc2)c2ccccc2)C1. The number of rotatable bonds is 5. The van der Waals surface area contributed by atoms with Crippen molar-refractivity contribution in [3.63, 3.8) is 0 Å². The Hall–Kier alpha value is -2.50. The Morgan fingerprint density at radius 1 is 1.04 bits per heavy atom. The first kappa shape index (κ1) is 16.0. The van der Waals surface area contributed by atoms with Gasteiger partial charge in [0.25, 0.3) is 0 Å². The largest absolute Gasteiger partial charge is 0.302 e. The molecule has 0 radical (unpaired) electrons. The molecule has 0 saturated carbocycles. The highest BCUT2D eigenvalue weighted by molar-refractivity contribution is 7.13. The Labute approximate surface area is 151 Å². The van der Waals surface area contributed by atoms with Crippen LogP contribution in [-0.2, 0) is 4.79 Å². The second-order valence-corrected chi connectivity index (χ2v) is 7.10. The first-order valence-electron chi connectivity index (χ1n) is 8.35. The highest BCUT2D eigenvalue weighted by atomic mass is 32.1. The fourth-order valence-electron chi connectivity index (χ4n) is 3.27. The van der Waals surface area contributed by atoms with E-state index in [1.807, 2.05) is 17.5 Å². The number of benzene rings is 2. The summed E-state index contributed by atoms with van der Waals surface area (Å²) in [5.74, 6) is 0.0740. The van der Waals surface area contributed by atoms with Gasteiger partial charge in [-0.1, -0.05) is 60.7 Å². The normalized spacial score (nSPS) is 15.1. The summed E-state index contributed by atoms with van der Waals surface area (Å²) in [7, 11) is 0. The van der Waals surface area contributed by atoms with Gasteiger partial charge in [0.2, 0.25) is 5.91 Å². The molecule has 0 spiro atoms. The van der Waals surface area contributed by atoms with Gasteiger partial charge in [0.15, 0.2) is 5.13 Å². The van der Waals surface area contributed by atoms with E-state index in [0.717, 1.165) is 13.1 Å².